The highest BCUT2D eigenvalue weighted by Crippen LogP contribution is 2.33. The number of thioether (sulfide) groups is 1. The summed E-state index contributed by atoms with van der Waals surface area (Å²) < 4.78 is 7.39. The summed E-state index contributed by atoms with van der Waals surface area (Å²) in [5.74, 6) is 1.62. The molecule has 0 N–H and O–H groups in total. The summed E-state index contributed by atoms with van der Waals surface area (Å²) in [7, 11) is 0. The van der Waals surface area contributed by atoms with Crippen LogP contribution in [0.2, 0.25) is 0 Å². The van der Waals surface area contributed by atoms with E-state index in [1.54, 1.807) is 10.7 Å². The van der Waals surface area contributed by atoms with E-state index in [0.29, 0.717) is 22.7 Å². The van der Waals surface area contributed by atoms with Gasteiger partial charge in [0.05, 0.1) is 5.25 Å². The van der Waals surface area contributed by atoms with Gasteiger partial charge in [-0.05, 0) is 25.1 Å². The van der Waals surface area contributed by atoms with E-state index in [2.05, 4.69) is 25.3 Å². The van der Waals surface area contributed by atoms with Crippen molar-refractivity contribution < 1.29 is 4.42 Å². The van der Waals surface area contributed by atoms with Gasteiger partial charge in [0.1, 0.15) is 0 Å². The summed E-state index contributed by atoms with van der Waals surface area (Å²) in [5, 5.41) is 13.2. The molecule has 4 rings (SSSR count). The summed E-state index contributed by atoms with van der Waals surface area (Å²) in [5.41, 5.74) is 0.901. The normalized spacial score (nSPS) is 12.6. The van der Waals surface area contributed by atoms with E-state index in [1.807, 2.05) is 49.5 Å². The van der Waals surface area contributed by atoms with Gasteiger partial charge in [-0.15, -0.1) is 15.3 Å². The third-order valence-electron chi connectivity index (χ3n) is 3.19. The van der Waals surface area contributed by atoms with Gasteiger partial charge in [0, 0.05) is 18.0 Å². The third-order valence-corrected chi connectivity index (χ3v) is 4.13. The van der Waals surface area contributed by atoms with Gasteiger partial charge < -0.3 is 4.42 Å². The molecule has 0 aliphatic carbocycles. The van der Waals surface area contributed by atoms with E-state index >= 15 is 0 Å². The highest BCUT2D eigenvalue weighted by Gasteiger charge is 2.18. The molecule has 0 spiro atoms. The van der Waals surface area contributed by atoms with Gasteiger partial charge in [-0.3, -0.25) is 0 Å². The Morgan fingerprint density at radius 3 is 2.83 bits per heavy atom. The maximum Gasteiger partial charge on any atom is 0.253 e. The predicted octanol–water partition coefficient (Wildman–Crippen LogP) is 3.03. The number of rotatable bonds is 4. The van der Waals surface area contributed by atoms with Crippen molar-refractivity contribution in [3.63, 3.8) is 0 Å². The summed E-state index contributed by atoms with van der Waals surface area (Å²) in [6, 6.07) is 11.5. The minimum atomic E-state index is -0.0580. The highest BCUT2D eigenvalue weighted by atomic mass is 32.2. The standard InChI is InChI=1S/C15H12N6OS/c1-10(23-15-17-14-16-8-5-9-21(14)20-15)12-18-19-13(22-12)11-6-3-2-4-7-11/h2-10H,1H3/t10-/m0/s1. The van der Waals surface area contributed by atoms with Crippen molar-refractivity contribution in [2.45, 2.75) is 17.3 Å². The van der Waals surface area contributed by atoms with Crippen molar-refractivity contribution in [2.75, 3.05) is 0 Å². The molecule has 114 valence electrons. The van der Waals surface area contributed by atoms with Crippen molar-refractivity contribution in [1.82, 2.24) is 29.8 Å². The van der Waals surface area contributed by atoms with Crippen molar-refractivity contribution in [1.29, 1.82) is 0 Å². The Morgan fingerprint density at radius 1 is 1.13 bits per heavy atom. The first kappa shape index (κ1) is 13.9. The quantitative estimate of drug-likeness (QED) is 0.534. The van der Waals surface area contributed by atoms with E-state index in [-0.39, 0.29) is 5.25 Å². The number of hydrogen-bond acceptors (Lipinski definition) is 7. The minimum absolute atomic E-state index is 0.0580. The molecule has 1 aromatic carbocycles. The third kappa shape index (κ3) is 2.80. The van der Waals surface area contributed by atoms with Crippen LogP contribution in [-0.4, -0.2) is 29.8 Å². The van der Waals surface area contributed by atoms with Gasteiger partial charge >= 0.3 is 0 Å². The smallest absolute Gasteiger partial charge is 0.253 e. The molecular weight excluding hydrogens is 312 g/mol. The van der Waals surface area contributed by atoms with Crippen molar-refractivity contribution in [3.8, 4) is 11.5 Å². The first-order chi connectivity index (χ1) is 11.3. The molecule has 0 amide bonds. The molecule has 0 saturated heterocycles. The van der Waals surface area contributed by atoms with Crippen LogP contribution < -0.4 is 0 Å². The van der Waals surface area contributed by atoms with Gasteiger partial charge in [-0.1, -0.05) is 30.0 Å². The second kappa shape index (κ2) is 5.81. The number of nitrogens with zero attached hydrogens (tertiary/aromatic N) is 6. The fraction of sp³-hybridized carbons (Fsp3) is 0.133. The first-order valence-corrected chi connectivity index (χ1v) is 7.90. The van der Waals surface area contributed by atoms with Crippen LogP contribution in [0.5, 0.6) is 0 Å². The maximum absolute atomic E-state index is 5.76. The molecule has 8 heteroatoms. The molecule has 0 fully saturated rings. The van der Waals surface area contributed by atoms with Gasteiger partial charge in [0.15, 0.2) is 0 Å². The largest absolute Gasteiger partial charge is 0.419 e. The Bertz CT molecular complexity index is 902. The first-order valence-electron chi connectivity index (χ1n) is 7.02. The van der Waals surface area contributed by atoms with Gasteiger partial charge in [0.2, 0.25) is 16.9 Å². The van der Waals surface area contributed by atoms with Crippen LogP contribution >= 0.6 is 11.8 Å². The second-order valence-corrected chi connectivity index (χ2v) is 6.14. The fourth-order valence-electron chi connectivity index (χ4n) is 2.07. The zero-order valence-corrected chi connectivity index (χ0v) is 13.0. The van der Waals surface area contributed by atoms with Crippen LogP contribution in [0, 0.1) is 0 Å². The molecule has 1 atom stereocenters. The summed E-state index contributed by atoms with van der Waals surface area (Å²) in [4.78, 5) is 8.51. The Hall–Kier alpha value is -2.74. The van der Waals surface area contributed by atoms with Gasteiger partial charge in [-0.2, -0.15) is 4.98 Å². The molecule has 0 radical (unpaired) electrons. The lowest BCUT2D eigenvalue weighted by molar-refractivity contribution is 0.509. The van der Waals surface area contributed by atoms with E-state index < -0.39 is 0 Å². The molecule has 7 nitrogen and oxygen atoms in total. The zero-order chi connectivity index (χ0) is 15.6. The Balaban J connectivity index is 1.55. The predicted molar refractivity (Wildman–Crippen MR) is 84.8 cm³/mol. The van der Waals surface area contributed by atoms with Crippen molar-refractivity contribution >= 4 is 17.5 Å². The van der Waals surface area contributed by atoms with Crippen LogP contribution in [0.4, 0.5) is 0 Å². The lowest BCUT2D eigenvalue weighted by Gasteiger charge is -2.01. The average Bonchev–Trinajstić information content (AvgIpc) is 3.22. The highest BCUT2D eigenvalue weighted by molar-refractivity contribution is 7.99. The van der Waals surface area contributed by atoms with Crippen LogP contribution in [0.25, 0.3) is 17.2 Å². The van der Waals surface area contributed by atoms with Gasteiger partial charge in [0.25, 0.3) is 5.78 Å². The number of fused-ring (bicyclic) bond motifs is 1. The average molecular weight is 324 g/mol. The van der Waals surface area contributed by atoms with Crippen molar-refractivity contribution in [2.24, 2.45) is 0 Å². The Kier molecular flexibility index (Phi) is 3.51. The molecule has 3 heterocycles. The van der Waals surface area contributed by atoms with E-state index in [0.717, 1.165) is 5.56 Å². The van der Waals surface area contributed by atoms with Crippen LogP contribution in [-0.2, 0) is 0 Å². The Labute approximate surface area is 135 Å². The molecular formula is C15H12N6OS. The lowest BCUT2D eigenvalue weighted by Crippen LogP contribution is -1.90. The van der Waals surface area contributed by atoms with Crippen LogP contribution in [0.15, 0.2) is 58.4 Å². The summed E-state index contributed by atoms with van der Waals surface area (Å²) in [6.07, 6.45) is 3.50. The van der Waals surface area contributed by atoms with Crippen LogP contribution in [0.3, 0.4) is 0 Å². The minimum Gasteiger partial charge on any atom is -0.419 e. The van der Waals surface area contributed by atoms with Gasteiger partial charge in [-0.25, -0.2) is 9.50 Å². The van der Waals surface area contributed by atoms with E-state index in [4.69, 9.17) is 4.42 Å². The lowest BCUT2D eigenvalue weighted by atomic mass is 10.2. The number of aromatic nitrogens is 6. The second-order valence-electron chi connectivity index (χ2n) is 4.83. The number of hydrogen-bond donors (Lipinski definition) is 0. The van der Waals surface area contributed by atoms with E-state index in [1.165, 1.54) is 11.8 Å². The Morgan fingerprint density at radius 2 is 2.00 bits per heavy atom. The SMILES string of the molecule is C[C@H](Sc1nc2ncccn2n1)c1nnc(-c2ccccc2)o1. The molecule has 0 bridgehead atoms. The monoisotopic (exact) mass is 324 g/mol. The molecule has 4 aromatic rings. The topological polar surface area (TPSA) is 82.0 Å². The maximum atomic E-state index is 5.76. The summed E-state index contributed by atoms with van der Waals surface area (Å²) in [6.45, 7) is 1.98. The van der Waals surface area contributed by atoms with Crippen molar-refractivity contribution in [3.05, 3.63) is 54.7 Å². The summed E-state index contributed by atoms with van der Waals surface area (Å²) >= 11 is 1.45. The van der Waals surface area contributed by atoms with E-state index in [9.17, 15) is 0 Å². The molecule has 0 saturated carbocycles. The molecule has 3 aromatic heterocycles. The zero-order valence-electron chi connectivity index (χ0n) is 12.2. The molecule has 23 heavy (non-hydrogen) atoms. The molecule has 0 aliphatic rings. The fourth-order valence-corrected chi connectivity index (χ4v) is 2.85. The van der Waals surface area contributed by atoms with Crippen LogP contribution in [0.1, 0.15) is 18.1 Å². The molecule has 0 unspecified atom stereocenters. The molecule has 0 aliphatic heterocycles. The number of benzene rings is 1.